The Bertz CT molecular complexity index is 548. The second kappa shape index (κ2) is 13.6. The molecule has 0 N–H and O–H groups in total. The minimum atomic E-state index is 0.352. The summed E-state index contributed by atoms with van der Waals surface area (Å²) in [4.78, 5) is 2.50. The zero-order valence-electron chi connectivity index (χ0n) is 17.4. The van der Waals surface area contributed by atoms with E-state index in [-0.39, 0.29) is 0 Å². The number of hydrogen-bond acceptors (Lipinski definition) is 2. The van der Waals surface area contributed by atoms with Gasteiger partial charge in [0.15, 0.2) is 0 Å². The molecule has 2 heteroatoms. The third-order valence-corrected chi connectivity index (χ3v) is 4.35. The first-order valence-electron chi connectivity index (χ1n) is 10.0. The van der Waals surface area contributed by atoms with Gasteiger partial charge in [0.2, 0.25) is 0 Å². The number of ether oxygens (including phenoxy) is 1. The second-order valence-corrected chi connectivity index (χ2v) is 7.08. The molecular formula is C24H37NO. The van der Waals surface area contributed by atoms with Crippen LogP contribution in [0.3, 0.4) is 0 Å². The van der Waals surface area contributed by atoms with Crippen LogP contribution in [0.25, 0.3) is 0 Å². The molecule has 0 spiro atoms. The van der Waals surface area contributed by atoms with Gasteiger partial charge in [0, 0.05) is 32.5 Å². The number of allylic oxidation sites excluding steroid dienone is 7. The van der Waals surface area contributed by atoms with Crippen LogP contribution in [0.4, 0.5) is 0 Å². The van der Waals surface area contributed by atoms with Gasteiger partial charge in [-0.3, -0.25) is 4.90 Å². The van der Waals surface area contributed by atoms with Crippen LogP contribution in [0.1, 0.15) is 53.9 Å². The van der Waals surface area contributed by atoms with E-state index in [1.807, 2.05) is 0 Å². The molecule has 0 saturated carbocycles. The van der Waals surface area contributed by atoms with E-state index in [0.717, 1.165) is 38.9 Å². The Kier molecular flexibility index (Phi) is 11.8. The number of rotatable bonds is 8. The number of hydrogen-bond donors (Lipinski definition) is 0. The summed E-state index contributed by atoms with van der Waals surface area (Å²) in [5.41, 5.74) is 1.29. The van der Waals surface area contributed by atoms with Crippen molar-refractivity contribution in [3.63, 3.8) is 0 Å². The van der Waals surface area contributed by atoms with Crippen molar-refractivity contribution in [2.24, 2.45) is 5.92 Å². The number of nitrogens with zero attached hydrogens (tertiary/aromatic N) is 1. The topological polar surface area (TPSA) is 12.5 Å². The first kappa shape index (κ1) is 22.5. The van der Waals surface area contributed by atoms with Crippen molar-refractivity contribution in [2.45, 2.75) is 66.1 Å². The lowest BCUT2D eigenvalue weighted by Gasteiger charge is -2.35. The molecule has 1 fully saturated rings. The minimum Gasteiger partial charge on any atom is -0.373 e. The highest BCUT2D eigenvalue weighted by atomic mass is 16.5. The highest BCUT2D eigenvalue weighted by molar-refractivity contribution is 5.25. The Hall–Kier alpha value is -1.56. The molecule has 2 nitrogen and oxygen atoms in total. The molecule has 3 unspecified atom stereocenters. The summed E-state index contributed by atoms with van der Waals surface area (Å²) in [6.07, 6.45) is 19.0. The molecule has 0 bridgehead atoms. The first-order valence-corrected chi connectivity index (χ1v) is 10.0. The molecule has 144 valence electrons. The van der Waals surface area contributed by atoms with Crippen molar-refractivity contribution in [3.05, 3.63) is 48.1 Å². The molecule has 0 radical (unpaired) electrons. The van der Waals surface area contributed by atoms with E-state index in [2.05, 4.69) is 93.9 Å². The molecule has 1 aliphatic heterocycles. The van der Waals surface area contributed by atoms with Crippen molar-refractivity contribution in [1.82, 2.24) is 4.90 Å². The molecule has 0 amide bonds. The summed E-state index contributed by atoms with van der Waals surface area (Å²) < 4.78 is 5.77. The molecule has 1 heterocycles. The molecule has 0 aromatic heterocycles. The van der Waals surface area contributed by atoms with E-state index < -0.39 is 0 Å². The average molecular weight is 356 g/mol. The van der Waals surface area contributed by atoms with Gasteiger partial charge in [-0.2, -0.15) is 0 Å². The molecule has 1 aliphatic rings. The Morgan fingerprint density at radius 1 is 1.15 bits per heavy atom. The summed E-state index contributed by atoms with van der Waals surface area (Å²) in [5, 5.41) is 0. The van der Waals surface area contributed by atoms with Crippen LogP contribution < -0.4 is 0 Å². The van der Waals surface area contributed by atoms with E-state index in [1.54, 1.807) is 0 Å². The number of morpholine rings is 1. The largest absolute Gasteiger partial charge is 0.373 e. The third-order valence-electron chi connectivity index (χ3n) is 4.35. The highest BCUT2D eigenvalue weighted by Crippen LogP contribution is 2.11. The Morgan fingerprint density at radius 3 is 2.54 bits per heavy atom. The predicted molar refractivity (Wildman–Crippen MR) is 114 cm³/mol. The zero-order chi connectivity index (χ0) is 19.2. The maximum Gasteiger partial charge on any atom is 0.0678 e. The SMILES string of the molecule is C/C=C(/C=C/C(C)/C=C/C=CCCN1CC(C)OC(C)C1)CC#CCC. The maximum absolute atomic E-state index is 5.77. The van der Waals surface area contributed by atoms with Gasteiger partial charge in [0.05, 0.1) is 12.2 Å². The minimum absolute atomic E-state index is 0.352. The van der Waals surface area contributed by atoms with E-state index in [1.165, 1.54) is 5.57 Å². The summed E-state index contributed by atoms with van der Waals surface area (Å²) in [6.45, 7) is 13.9. The predicted octanol–water partition coefficient (Wildman–Crippen LogP) is 5.54. The summed E-state index contributed by atoms with van der Waals surface area (Å²) in [5.74, 6) is 6.75. The van der Waals surface area contributed by atoms with Gasteiger partial charge in [-0.15, -0.1) is 5.92 Å². The Labute approximate surface area is 161 Å². The van der Waals surface area contributed by atoms with Crippen molar-refractivity contribution < 1.29 is 4.74 Å². The monoisotopic (exact) mass is 355 g/mol. The van der Waals surface area contributed by atoms with Crippen molar-refractivity contribution >= 4 is 0 Å². The van der Waals surface area contributed by atoms with Crippen LogP contribution in [0.5, 0.6) is 0 Å². The molecule has 1 saturated heterocycles. The fourth-order valence-electron chi connectivity index (χ4n) is 3.02. The smallest absolute Gasteiger partial charge is 0.0678 e. The van der Waals surface area contributed by atoms with E-state index in [0.29, 0.717) is 18.1 Å². The summed E-state index contributed by atoms with van der Waals surface area (Å²) >= 11 is 0. The zero-order valence-corrected chi connectivity index (χ0v) is 17.4. The van der Waals surface area contributed by atoms with Gasteiger partial charge < -0.3 is 4.74 Å². The van der Waals surface area contributed by atoms with Crippen LogP contribution in [-0.2, 0) is 4.74 Å². The molecule has 0 aromatic carbocycles. The van der Waals surface area contributed by atoms with E-state index in [9.17, 15) is 0 Å². The summed E-state index contributed by atoms with van der Waals surface area (Å²) in [6, 6.07) is 0. The molecule has 26 heavy (non-hydrogen) atoms. The van der Waals surface area contributed by atoms with Crippen LogP contribution in [0.2, 0.25) is 0 Å². The lowest BCUT2D eigenvalue weighted by atomic mass is 10.1. The average Bonchev–Trinajstić information content (AvgIpc) is 2.60. The van der Waals surface area contributed by atoms with Crippen LogP contribution >= 0.6 is 0 Å². The van der Waals surface area contributed by atoms with Crippen molar-refractivity contribution in [2.75, 3.05) is 19.6 Å². The van der Waals surface area contributed by atoms with E-state index in [4.69, 9.17) is 4.74 Å². The molecular weight excluding hydrogens is 318 g/mol. The lowest BCUT2D eigenvalue weighted by molar-refractivity contribution is -0.0673. The molecule has 3 atom stereocenters. The van der Waals surface area contributed by atoms with E-state index >= 15 is 0 Å². The van der Waals surface area contributed by atoms with Crippen molar-refractivity contribution in [3.8, 4) is 11.8 Å². The van der Waals surface area contributed by atoms with Crippen LogP contribution in [0, 0.1) is 17.8 Å². The second-order valence-electron chi connectivity index (χ2n) is 7.08. The fraction of sp³-hybridized carbons (Fsp3) is 0.583. The van der Waals surface area contributed by atoms with Gasteiger partial charge in [-0.25, -0.2) is 0 Å². The maximum atomic E-state index is 5.77. The van der Waals surface area contributed by atoms with Gasteiger partial charge in [-0.05, 0) is 38.7 Å². The van der Waals surface area contributed by atoms with Gasteiger partial charge in [-0.1, -0.05) is 62.3 Å². The molecule has 1 rings (SSSR count). The fourth-order valence-corrected chi connectivity index (χ4v) is 3.02. The standard InChI is InChI=1S/C24H37NO/c1-6-8-11-15-24(7-2)17-16-21(3)14-12-9-10-13-18-25-19-22(4)26-23(5)20-25/h7,9-10,12,14,16-17,21-23H,6,13,15,18-20H2,1-5H3/b10-9?,14-12+,17-16+,24-7+. The molecule has 0 aliphatic carbocycles. The van der Waals surface area contributed by atoms with Gasteiger partial charge >= 0.3 is 0 Å². The van der Waals surface area contributed by atoms with Crippen LogP contribution in [-0.4, -0.2) is 36.7 Å². The highest BCUT2D eigenvalue weighted by Gasteiger charge is 2.20. The Morgan fingerprint density at radius 2 is 1.88 bits per heavy atom. The molecule has 0 aromatic rings. The quantitative estimate of drug-likeness (QED) is 0.419. The van der Waals surface area contributed by atoms with Gasteiger partial charge in [0.1, 0.15) is 0 Å². The van der Waals surface area contributed by atoms with Crippen molar-refractivity contribution in [1.29, 1.82) is 0 Å². The lowest BCUT2D eigenvalue weighted by Crippen LogP contribution is -2.45. The normalized spacial score (nSPS) is 23.7. The summed E-state index contributed by atoms with van der Waals surface area (Å²) in [7, 11) is 0. The first-order chi connectivity index (χ1) is 12.5. The Balaban J connectivity index is 2.29. The van der Waals surface area contributed by atoms with Gasteiger partial charge in [0.25, 0.3) is 0 Å². The third kappa shape index (κ3) is 10.4. The van der Waals surface area contributed by atoms with Crippen LogP contribution in [0.15, 0.2) is 48.1 Å².